The maximum Gasteiger partial charge on any atom is 0.422 e. The maximum absolute atomic E-state index is 12.2. The number of likely N-dealkylation sites (tertiary alicyclic amines) is 1. The van der Waals surface area contributed by atoms with Crippen LogP contribution >= 0.6 is 0 Å². The molecule has 2 aliphatic rings. The molecule has 1 saturated heterocycles. The van der Waals surface area contributed by atoms with Crippen LogP contribution in [-0.2, 0) is 20.7 Å². The lowest BCUT2D eigenvalue weighted by Crippen LogP contribution is -2.36. The minimum atomic E-state index is -0.657. The lowest BCUT2D eigenvalue weighted by atomic mass is 10.1. The monoisotopic (exact) mass is 330 g/mol. The first-order chi connectivity index (χ1) is 11.6. The fourth-order valence-corrected chi connectivity index (χ4v) is 3.24. The van der Waals surface area contributed by atoms with E-state index in [2.05, 4.69) is 0 Å². The Bertz CT molecular complexity index is 638. The van der Waals surface area contributed by atoms with Gasteiger partial charge >= 0.3 is 12.1 Å². The SMILES string of the molecule is O=C(CCC(=O)N1CCCCC1)OC(=O)N1CCc2ccccc21. The molecule has 0 N–H and O–H groups in total. The lowest BCUT2D eigenvalue weighted by molar-refractivity contribution is -0.141. The summed E-state index contributed by atoms with van der Waals surface area (Å²) in [4.78, 5) is 39.3. The van der Waals surface area contributed by atoms with Crippen molar-refractivity contribution >= 4 is 23.7 Å². The van der Waals surface area contributed by atoms with E-state index in [1.165, 1.54) is 4.90 Å². The van der Waals surface area contributed by atoms with Crippen molar-refractivity contribution in [2.45, 2.75) is 38.5 Å². The fraction of sp³-hybridized carbons (Fsp3) is 0.500. The number of nitrogens with zero attached hydrogens (tertiary/aromatic N) is 2. The van der Waals surface area contributed by atoms with Gasteiger partial charge in [-0.05, 0) is 37.3 Å². The molecule has 1 fully saturated rings. The first-order valence-corrected chi connectivity index (χ1v) is 8.53. The van der Waals surface area contributed by atoms with E-state index in [0.717, 1.165) is 50.0 Å². The van der Waals surface area contributed by atoms with Crippen molar-refractivity contribution in [1.29, 1.82) is 0 Å². The van der Waals surface area contributed by atoms with E-state index < -0.39 is 12.1 Å². The summed E-state index contributed by atoms with van der Waals surface area (Å²) in [7, 11) is 0. The molecular formula is C18H22N2O4. The molecule has 2 amide bonds. The second kappa shape index (κ2) is 7.47. The van der Waals surface area contributed by atoms with Gasteiger partial charge in [-0.2, -0.15) is 0 Å². The second-order valence-electron chi connectivity index (χ2n) is 6.21. The van der Waals surface area contributed by atoms with Gasteiger partial charge in [0.1, 0.15) is 0 Å². The summed E-state index contributed by atoms with van der Waals surface area (Å²) in [5, 5.41) is 0. The predicted molar refractivity (Wildman–Crippen MR) is 88.6 cm³/mol. The number of esters is 1. The van der Waals surface area contributed by atoms with Crippen molar-refractivity contribution < 1.29 is 19.1 Å². The highest BCUT2D eigenvalue weighted by atomic mass is 16.6. The molecule has 24 heavy (non-hydrogen) atoms. The summed E-state index contributed by atoms with van der Waals surface area (Å²) in [6.45, 7) is 2.03. The normalized spacial score (nSPS) is 16.7. The van der Waals surface area contributed by atoms with E-state index in [1.807, 2.05) is 24.3 Å². The highest BCUT2D eigenvalue weighted by molar-refractivity contribution is 5.97. The number of hydrogen-bond acceptors (Lipinski definition) is 4. The number of carbonyl (C=O) groups is 3. The number of anilines is 1. The van der Waals surface area contributed by atoms with Gasteiger partial charge in [0.15, 0.2) is 0 Å². The maximum atomic E-state index is 12.2. The van der Waals surface area contributed by atoms with Gasteiger partial charge in [0.05, 0.1) is 12.1 Å². The predicted octanol–water partition coefficient (Wildman–Crippen LogP) is 2.51. The molecule has 0 unspecified atom stereocenters. The average molecular weight is 330 g/mol. The number of piperidine rings is 1. The van der Waals surface area contributed by atoms with Crippen LogP contribution in [0.3, 0.4) is 0 Å². The van der Waals surface area contributed by atoms with Crippen LogP contribution in [0.2, 0.25) is 0 Å². The highest BCUT2D eigenvalue weighted by Gasteiger charge is 2.27. The molecule has 0 bridgehead atoms. The molecule has 0 aromatic heterocycles. The number of para-hydroxylation sites is 1. The van der Waals surface area contributed by atoms with E-state index in [0.29, 0.717) is 6.54 Å². The summed E-state index contributed by atoms with van der Waals surface area (Å²) in [5.74, 6) is -0.680. The average Bonchev–Trinajstić information content (AvgIpc) is 3.04. The summed E-state index contributed by atoms with van der Waals surface area (Å²) < 4.78 is 4.91. The fourth-order valence-electron chi connectivity index (χ4n) is 3.24. The van der Waals surface area contributed by atoms with Crippen LogP contribution in [0.4, 0.5) is 10.5 Å². The summed E-state index contributed by atoms with van der Waals surface area (Å²) in [5.41, 5.74) is 1.86. The molecule has 0 aliphatic carbocycles. The van der Waals surface area contributed by atoms with Crippen molar-refractivity contribution in [3.63, 3.8) is 0 Å². The van der Waals surface area contributed by atoms with Gasteiger partial charge in [0.2, 0.25) is 5.91 Å². The standard InChI is InChI=1S/C18H22N2O4/c21-16(19-11-4-1-5-12-19)8-9-17(22)24-18(23)20-13-10-14-6-2-3-7-15(14)20/h2-3,6-7H,1,4-5,8-13H2. The van der Waals surface area contributed by atoms with Crippen molar-refractivity contribution in [2.24, 2.45) is 0 Å². The Labute approximate surface area is 141 Å². The third kappa shape index (κ3) is 3.75. The zero-order valence-corrected chi connectivity index (χ0v) is 13.7. The van der Waals surface area contributed by atoms with Crippen molar-refractivity contribution in [3.05, 3.63) is 29.8 Å². The number of carbonyl (C=O) groups excluding carboxylic acids is 3. The van der Waals surface area contributed by atoms with E-state index in [-0.39, 0.29) is 18.7 Å². The number of amides is 2. The molecule has 3 rings (SSSR count). The van der Waals surface area contributed by atoms with Crippen molar-refractivity contribution in [3.8, 4) is 0 Å². The summed E-state index contributed by atoms with van der Waals surface area (Å²) in [6.07, 6.45) is 3.32. The van der Waals surface area contributed by atoms with Crippen LogP contribution in [-0.4, -0.2) is 42.5 Å². The third-order valence-corrected chi connectivity index (χ3v) is 4.56. The molecule has 1 aromatic rings. The molecule has 128 valence electrons. The summed E-state index contributed by atoms with van der Waals surface area (Å²) in [6, 6.07) is 7.57. The number of benzene rings is 1. The van der Waals surface area contributed by atoms with Gasteiger partial charge in [0, 0.05) is 26.1 Å². The highest BCUT2D eigenvalue weighted by Crippen LogP contribution is 2.27. The smallest absolute Gasteiger partial charge is 0.376 e. The largest absolute Gasteiger partial charge is 0.422 e. The molecule has 0 atom stereocenters. The van der Waals surface area contributed by atoms with Crippen molar-refractivity contribution in [2.75, 3.05) is 24.5 Å². The van der Waals surface area contributed by atoms with E-state index >= 15 is 0 Å². The Morgan fingerprint density at radius 2 is 1.71 bits per heavy atom. The Morgan fingerprint density at radius 3 is 2.50 bits per heavy atom. The Hall–Kier alpha value is -2.37. The number of fused-ring (bicyclic) bond motifs is 1. The van der Waals surface area contributed by atoms with Gasteiger partial charge in [0.25, 0.3) is 0 Å². The Balaban J connectivity index is 1.47. The Morgan fingerprint density at radius 1 is 0.958 bits per heavy atom. The van der Waals surface area contributed by atoms with Gasteiger partial charge in [-0.25, -0.2) is 4.79 Å². The molecule has 2 heterocycles. The zero-order valence-electron chi connectivity index (χ0n) is 13.7. The van der Waals surface area contributed by atoms with Gasteiger partial charge in [-0.1, -0.05) is 18.2 Å². The molecule has 0 spiro atoms. The van der Waals surface area contributed by atoms with E-state index in [4.69, 9.17) is 4.74 Å². The molecule has 0 radical (unpaired) electrons. The van der Waals surface area contributed by atoms with Crippen LogP contribution in [0.25, 0.3) is 0 Å². The number of hydrogen-bond donors (Lipinski definition) is 0. The zero-order chi connectivity index (χ0) is 16.9. The second-order valence-corrected chi connectivity index (χ2v) is 6.21. The number of rotatable bonds is 3. The Kier molecular flexibility index (Phi) is 5.13. The van der Waals surface area contributed by atoms with Crippen LogP contribution < -0.4 is 4.90 Å². The lowest BCUT2D eigenvalue weighted by Gasteiger charge is -2.26. The van der Waals surface area contributed by atoms with E-state index in [9.17, 15) is 14.4 Å². The van der Waals surface area contributed by atoms with Gasteiger partial charge < -0.3 is 9.64 Å². The minimum Gasteiger partial charge on any atom is -0.376 e. The van der Waals surface area contributed by atoms with Gasteiger partial charge in [-0.15, -0.1) is 0 Å². The van der Waals surface area contributed by atoms with Crippen molar-refractivity contribution in [1.82, 2.24) is 4.90 Å². The molecule has 0 saturated carbocycles. The summed E-state index contributed by atoms with van der Waals surface area (Å²) >= 11 is 0. The minimum absolute atomic E-state index is 0.0365. The topological polar surface area (TPSA) is 66.9 Å². The molecule has 6 nitrogen and oxygen atoms in total. The number of ether oxygens (including phenoxy) is 1. The molecule has 1 aromatic carbocycles. The van der Waals surface area contributed by atoms with Gasteiger partial charge in [-0.3, -0.25) is 14.5 Å². The molecule has 6 heteroatoms. The van der Waals surface area contributed by atoms with E-state index in [1.54, 1.807) is 4.90 Å². The van der Waals surface area contributed by atoms with Crippen LogP contribution in [0.15, 0.2) is 24.3 Å². The van der Waals surface area contributed by atoms with Crippen LogP contribution in [0, 0.1) is 0 Å². The third-order valence-electron chi connectivity index (χ3n) is 4.56. The van der Waals surface area contributed by atoms with Crippen LogP contribution in [0.1, 0.15) is 37.7 Å². The first kappa shape index (κ1) is 16.5. The molecular weight excluding hydrogens is 308 g/mol. The first-order valence-electron chi connectivity index (χ1n) is 8.53. The quantitative estimate of drug-likeness (QED) is 0.631. The van der Waals surface area contributed by atoms with Crippen LogP contribution in [0.5, 0.6) is 0 Å². The molecule has 2 aliphatic heterocycles.